The highest BCUT2D eigenvalue weighted by molar-refractivity contribution is 5.93. The van der Waals surface area contributed by atoms with E-state index in [-0.39, 0.29) is 0 Å². The topological polar surface area (TPSA) is 44.2 Å². The SMILES string of the molecule is CC(=N)N(C)c1ccc(C=O)cc1. The fourth-order valence-electron chi connectivity index (χ4n) is 0.970. The molecular formula is C10H12N2O. The van der Waals surface area contributed by atoms with Gasteiger partial charge in [-0.2, -0.15) is 0 Å². The molecule has 0 spiro atoms. The summed E-state index contributed by atoms with van der Waals surface area (Å²) in [7, 11) is 1.82. The van der Waals surface area contributed by atoms with Crippen LogP contribution in [0.1, 0.15) is 17.3 Å². The van der Waals surface area contributed by atoms with Crippen LogP contribution in [-0.4, -0.2) is 19.2 Å². The quantitative estimate of drug-likeness (QED) is 0.425. The van der Waals surface area contributed by atoms with E-state index in [2.05, 4.69) is 0 Å². The van der Waals surface area contributed by atoms with Crippen molar-refractivity contribution >= 4 is 17.8 Å². The van der Waals surface area contributed by atoms with E-state index in [0.29, 0.717) is 11.4 Å². The average Bonchev–Trinajstić information content (AvgIpc) is 2.17. The third-order valence-electron chi connectivity index (χ3n) is 1.92. The molecule has 0 aliphatic heterocycles. The van der Waals surface area contributed by atoms with Gasteiger partial charge in [0.1, 0.15) is 6.29 Å². The van der Waals surface area contributed by atoms with Gasteiger partial charge in [0.2, 0.25) is 0 Å². The van der Waals surface area contributed by atoms with Gasteiger partial charge in [-0.15, -0.1) is 0 Å². The lowest BCUT2D eigenvalue weighted by atomic mass is 10.2. The van der Waals surface area contributed by atoms with Crippen LogP contribution in [0, 0.1) is 5.41 Å². The molecule has 0 aliphatic carbocycles. The summed E-state index contributed by atoms with van der Waals surface area (Å²) in [6, 6.07) is 7.12. The maximum atomic E-state index is 10.4. The van der Waals surface area contributed by atoms with Gasteiger partial charge < -0.3 is 4.90 Å². The maximum absolute atomic E-state index is 10.4. The number of rotatable bonds is 2. The minimum Gasteiger partial charge on any atom is -0.334 e. The van der Waals surface area contributed by atoms with Gasteiger partial charge in [0, 0.05) is 18.3 Å². The molecule has 0 aliphatic rings. The van der Waals surface area contributed by atoms with E-state index >= 15 is 0 Å². The first-order valence-corrected chi connectivity index (χ1v) is 3.99. The van der Waals surface area contributed by atoms with Crippen LogP contribution in [0.3, 0.4) is 0 Å². The number of benzene rings is 1. The minimum absolute atomic E-state index is 0.471. The fraction of sp³-hybridized carbons (Fsp3) is 0.200. The zero-order valence-electron chi connectivity index (χ0n) is 7.74. The number of amidine groups is 1. The molecule has 0 bridgehead atoms. The smallest absolute Gasteiger partial charge is 0.150 e. The predicted molar refractivity (Wildman–Crippen MR) is 53.6 cm³/mol. The van der Waals surface area contributed by atoms with Crippen molar-refractivity contribution in [1.82, 2.24) is 0 Å². The number of aldehydes is 1. The van der Waals surface area contributed by atoms with Crippen LogP contribution in [-0.2, 0) is 0 Å². The third kappa shape index (κ3) is 2.15. The van der Waals surface area contributed by atoms with E-state index in [1.165, 1.54) is 0 Å². The number of hydrogen-bond donors (Lipinski definition) is 1. The van der Waals surface area contributed by atoms with Gasteiger partial charge in [0.25, 0.3) is 0 Å². The number of carbonyl (C=O) groups is 1. The van der Waals surface area contributed by atoms with Crippen molar-refractivity contribution in [2.24, 2.45) is 0 Å². The molecule has 0 atom stereocenters. The van der Waals surface area contributed by atoms with Crippen molar-refractivity contribution in [1.29, 1.82) is 5.41 Å². The summed E-state index contributed by atoms with van der Waals surface area (Å²) in [5, 5.41) is 7.39. The van der Waals surface area contributed by atoms with Gasteiger partial charge in [0.15, 0.2) is 0 Å². The molecule has 1 aromatic rings. The summed E-state index contributed by atoms with van der Waals surface area (Å²) in [4.78, 5) is 12.1. The highest BCUT2D eigenvalue weighted by Gasteiger charge is 2.01. The zero-order chi connectivity index (χ0) is 9.84. The molecule has 1 N–H and O–H groups in total. The molecule has 0 amide bonds. The monoisotopic (exact) mass is 176 g/mol. The lowest BCUT2D eigenvalue weighted by Gasteiger charge is -2.16. The van der Waals surface area contributed by atoms with Gasteiger partial charge in [-0.25, -0.2) is 0 Å². The summed E-state index contributed by atoms with van der Waals surface area (Å²) in [5.41, 5.74) is 1.57. The van der Waals surface area contributed by atoms with E-state index in [0.717, 1.165) is 12.0 Å². The first-order chi connectivity index (χ1) is 6.15. The molecule has 0 unspecified atom stereocenters. The molecule has 0 saturated heterocycles. The van der Waals surface area contributed by atoms with Crippen LogP contribution in [0.25, 0.3) is 0 Å². The van der Waals surface area contributed by atoms with E-state index < -0.39 is 0 Å². The van der Waals surface area contributed by atoms with Crippen LogP contribution < -0.4 is 4.90 Å². The molecule has 1 rings (SSSR count). The Hall–Kier alpha value is -1.64. The number of nitrogens with one attached hydrogen (secondary N) is 1. The van der Waals surface area contributed by atoms with Crippen LogP contribution in [0.4, 0.5) is 5.69 Å². The van der Waals surface area contributed by atoms with E-state index in [4.69, 9.17) is 5.41 Å². The van der Waals surface area contributed by atoms with Gasteiger partial charge in [-0.1, -0.05) is 0 Å². The Morgan fingerprint density at radius 3 is 2.31 bits per heavy atom. The second-order valence-corrected chi connectivity index (χ2v) is 2.85. The van der Waals surface area contributed by atoms with Crippen LogP contribution in [0.2, 0.25) is 0 Å². The van der Waals surface area contributed by atoms with Crippen molar-refractivity contribution in [3.63, 3.8) is 0 Å². The van der Waals surface area contributed by atoms with Gasteiger partial charge >= 0.3 is 0 Å². The zero-order valence-corrected chi connectivity index (χ0v) is 7.74. The van der Waals surface area contributed by atoms with E-state index in [1.807, 2.05) is 19.2 Å². The number of nitrogens with zero attached hydrogens (tertiary/aromatic N) is 1. The van der Waals surface area contributed by atoms with Crippen LogP contribution in [0.15, 0.2) is 24.3 Å². The Balaban J connectivity index is 2.91. The van der Waals surface area contributed by atoms with Crippen molar-refractivity contribution in [3.8, 4) is 0 Å². The molecule has 3 heteroatoms. The normalized spacial score (nSPS) is 9.38. The highest BCUT2D eigenvalue weighted by atomic mass is 16.1. The molecule has 0 heterocycles. The first-order valence-electron chi connectivity index (χ1n) is 3.99. The Morgan fingerprint density at radius 1 is 1.38 bits per heavy atom. The van der Waals surface area contributed by atoms with Crippen LogP contribution in [0.5, 0.6) is 0 Å². The van der Waals surface area contributed by atoms with Crippen molar-refractivity contribution in [3.05, 3.63) is 29.8 Å². The first kappa shape index (κ1) is 9.45. The average molecular weight is 176 g/mol. The summed E-state index contributed by atoms with van der Waals surface area (Å²) < 4.78 is 0. The number of anilines is 1. The molecule has 0 fully saturated rings. The highest BCUT2D eigenvalue weighted by Crippen LogP contribution is 2.12. The molecule has 0 saturated carbocycles. The van der Waals surface area contributed by atoms with Crippen molar-refractivity contribution in [2.45, 2.75) is 6.92 Å². The van der Waals surface area contributed by atoms with Crippen molar-refractivity contribution < 1.29 is 4.79 Å². The summed E-state index contributed by atoms with van der Waals surface area (Å²) in [5.74, 6) is 0.471. The Bertz CT molecular complexity index is 316. The Labute approximate surface area is 77.5 Å². The van der Waals surface area contributed by atoms with Gasteiger partial charge in [-0.3, -0.25) is 10.2 Å². The molecule has 3 nitrogen and oxygen atoms in total. The predicted octanol–water partition coefficient (Wildman–Crippen LogP) is 1.93. The van der Waals surface area contributed by atoms with Crippen LogP contribution >= 0.6 is 0 Å². The van der Waals surface area contributed by atoms with Gasteiger partial charge in [-0.05, 0) is 31.2 Å². The Morgan fingerprint density at radius 2 is 1.92 bits per heavy atom. The Kier molecular flexibility index (Phi) is 2.80. The number of hydrogen-bond acceptors (Lipinski definition) is 2. The number of carbonyl (C=O) groups excluding carboxylic acids is 1. The molecule has 0 radical (unpaired) electrons. The third-order valence-corrected chi connectivity index (χ3v) is 1.92. The second kappa shape index (κ2) is 3.85. The summed E-state index contributed by atoms with van der Waals surface area (Å²) in [6.45, 7) is 1.72. The molecule has 0 aromatic heterocycles. The molecular weight excluding hydrogens is 164 g/mol. The lowest BCUT2D eigenvalue weighted by Crippen LogP contribution is -2.21. The maximum Gasteiger partial charge on any atom is 0.150 e. The fourth-order valence-corrected chi connectivity index (χ4v) is 0.970. The largest absolute Gasteiger partial charge is 0.334 e. The van der Waals surface area contributed by atoms with E-state index in [1.54, 1.807) is 24.0 Å². The molecule has 1 aromatic carbocycles. The summed E-state index contributed by atoms with van der Waals surface area (Å²) in [6.07, 6.45) is 0.807. The standard InChI is InChI=1S/C10H12N2O/c1-8(11)12(2)10-5-3-9(7-13)4-6-10/h3-7,11H,1-2H3. The lowest BCUT2D eigenvalue weighted by molar-refractivity contribution is 0.112. The molecule has 13 heavy (non-hydrogen) atoms. The summed E-state index contributed by atoms with van der Waals surface area (Å²) >= 11 is 0. The van der Waals surface area contributed by atoms with E-state index in [9.17, 15) is 4.79 Å². The second-order valence-electron chi connectivity index (χ2n) is 2.85. The minimum atomic E-state index is 0.471. The van der Waals surface area contributed by atoms with Crippen molar-refractivity contribution in [2.75, 3.05) is 11.9 Å². The van der Waals surface area contributed by atoms with Gasteiger partial charge in [0.05, 0.1) is 5.84 Å². The molecule has 68 valence electrons.